The number of benzene rings is 2. The van der Waals surface area contributed by atoms with E-state index >= 15 is 0 Å². The molecule has 0 bridgehead atoms. The van der Waals surface area contributed by atoms with Crippen LogP contribution in [0, 0.1) is 13.8 Å². The van der Waals surface area contributed by atoms with Crippen molar-refractivity contribution in [2.24, 2.45) is 0 Å². The van der Waals surface area contributed by atoms with Gasteiger partial charge in [0.25, 0.3) is 11.8 Å². The molecule has 0 unspecified atom stereocenters. The number of halogens is 1. The standard InChI is InChI=1S/C25H22BrN3O3/c1-4-17-5-9-20(10-6-17)28-15(2)13-18(16(28)3)14-22-23(30)27-25(32)29(24(22)31)21-11-7-19(26)8-12-21/h5-14H,4H2,1-3H3,(H,27,30,32). The van der Waals surface area contributed by atoms with Crippen LogP contribution in [0.25, 0.3) is 11.8 Å². The Morgan fingerprint density at radius 2 is 1.56 bits per heavy atom. The Hall–Kier alpha value is -3.45. The maximum absolute atomic E-state index is 13.1. The van der Waals surface area contributed by atoms with E-state index in [4.69, 9.17) is 0 Å². The maximum Gasteiger partial charge on any atom is 0.335 e. The number of rotatable bonds is 4. The lowest BCUT2D eigenvalue weighted by Gasteiger charge is -2.26. The highest BCUT2D eigenvalue weighted by atomic mass is 79.9. The maximum atomic E-state index is 13.1. The number of hydrogen-bond acceptors (Lipinski definition) is 3. The molecule has 0 aliphatic carbocycles. The number of nitrogens with zero attached hydrogens (tertiary/aromatic N) is 2. The molecule has 0 radical (unpaired) electrons. The molecule has 3 aromatic rings. The van der Waals surface area contributed by atoms with Gasteiger partial charge in [-0.1, -0.05) is 35.0 Å². The molecule has 6 nitrogen and oxygen atoms in total. The van der Waals surface area contributed by atoms with Crippen LogP contribution < -0.4 is 10.2 Å². The SMILES string of the molecule is CCc1ccc(-n2c(C)cc(C=C3C(=O)NC(=O)N(c4ccc(Br)cc4)C3=O)c2C)cc1. The molecule has 2 aromatic carbocycles. The predicted octanol–water partition coefficient (Wildman–Crippen LogP) is 5.09. The van der Waals surface area contributed by atoms with Crippen molar-refractivity contribution in [1.82, 2.24) is 9.88 Å². The molecule has 1 saturated heterocycles. The summed E-state index contributed by atoms with van der Waals surface area (Å²) in [6.07, 6.45) is 2.52. The summed E-state index contributed by atoms with van der Waals surface area (Å²) >= 11 is 3.34. The van der Waals surface area contributed by atoms with Crippen LogP contribution in [0.4, 0.5) is 10.5 Å². The smallest absolute Gasteiger partial charge is 0.318 e. The summed E-state index contributed by atoms with van der Waals surface area (Å²) in [5, 5.41) is 2.27. The van der Waals surface area contributed by atoms with Gasteiger partial charge in [-0.2, -0.15) is 0 Å². The Bertz CT molecular complexity index is 1250. The first-order chi connectivity index (χ1) is 15.3. The molecule has 1 N–H and O–H groups in total. The fourth-order valence-corrected chi connectivity index (χ4v) is 4.11. The Morgan fingerprint density at radius 1 is 0.938 bits per heavy atom. The molecule has 4 amide bonds. The zero-order valence-electron chi connectivity index (χ0n) is 18.0. The molecule has 0 spiro atoms. The second-order valence-electron chi connectivity index (χ2n) is 7.62. The van der Waals surface area contributed by atoms with E-state index in [-0.39, 0.29) is 5.57 Å². The van der Waals surface area contributed by atoms with Gasteiger partial charge in [0.1, 0.15) is 5.57 Å². The van der Waals surface area contributed by atoms with Crippen molar-refractivity contribution in [3.8, 4) is 5.69 Å². The van der Waals surface area contributed by atoms with Gasteiger partial charge >= 0.3 is 6.03 Å². The van der Waals surface area contributed by atoms with E-state index in [0.29, 0.717) is 5.69 Å². The predicted molar refractivity (Wildman–Crippen MR) is 128 cm³/mol. The van der Waals surface area contributed by atoms with Gasteiger partial charge < -0.3 is 4.57 Å². The van der Waals surface area contributed by atoms with E-state index in [1.54, 1.807) is 30.3 Å². The minimum absolute atomic E-state index is 0.0888. The molecule has 162 valence electrons. The van der Waals surface area contributed by atoms with Crippen LogP contribution in [0.1, 0.15) is 29.4 Å². The van der Waals surface area contributed by atoms with Crippen molar-refractivity contribution in [3.63, 3.8) is 0 Å². The average Bonchev–Trinajstić information content (AvgIpc) is 3.05. The number of nitrogens with one attached hydrogen (secondary N) is 1. The van der Waals surface area contributed by atoms with E-state index in [2.05, 4.69) is 57.0 Å². The van der Waals surface area contributed by atoms with Crippen LogP contribution in [0.15, 0.2) is 64.6 Å². The first-order valence-electron chi connectivity index (χ1n) is 10.3. The third-order valence-electron chi connectivity index (χ3n) is 5.56. The Morgan fingerprint density at radius 3 is 2.19 bits per heavy atom. The Labute approximate surface area is 194 Å². The molecule has 1 aliphatic heterocycles. The summed E-state index contributed by atoms with van der Waals surface area (Å²) in [6, 6.07) is 16.2. The van der Waals surface area contributed by atoms with Gasteiger partial charge in [-0.15, -0.1) is 0 Å². The third-order valence-corrected chi connectivity index (χ3v) is 6.09. The van der Waals surface area contributed by atoms with Crippen molar-refractivity contribution in [1.29, 1.82) is 0 Å². The lowest BCUT2D eigenvalue weighted by molar-refractivity contribution is -0.122. The number of barbiturate groups is 1. The third kappa shape index (κ3) is 3.91. The monoisotopic (exact) mass is 491 g/mol. The lowest BCUT2D eigenvalue weighted by atomic mass is 10.1. The number of hydrogen-bond donors (Lipinski definition) is 1. The number of amides is 4. The molecule has 1 aliphatic rings. The van der Waals surface area contributed by atoms with Crippen molar-refractivity contribution in [3.05, 3.63) is 87.2 Å². The van der Waals surface area contributed by atoms with E-state index < -0.39 is 17.8 Å². The van der Waals surface area contributed by atoms with Gasteiger partial charge in [0.05, 0.1) is 5.69 Å². The van der Waals surface area contributed by atoms with E-state index in [1.807, 2.05) is 19.9 Å². The summed E-state index contributed by atoms with van der Waals surface area (Å²) in [6.45, 7) is 6.03. The minimum Gasteiger partial charge on any atom is -0.318 e. The molecule has 0 saturated carbocycles. The lowest BCUT2D eigenvalue weighted by Crippen LogP contribution is -2.54. The van der Waals surface area contributed by atoms with Crippen LogP contribution in [-0.2, 0) is 16.0 Å². The second kappa shape index (κ2) is 8.59. The van der Waals surface area contributed by atoms with Crippen molar-refractivity contribution >= 4 is 45.5 Å². The topological polar surface area (TPSA) is 71.4 Å². The van der Waals surface area contributed by atoms with Crippen molar-refractivity contribution < 1.29 is 14.4 Å². The van der Waals surface area contributed by atoms with Crippen LogP contribution in [0.5, 0.6) is 0 Å². The zero-order chi connectivity index (χ0) is 23.0. The molecule has 1 aromatic heterocycles. The van der Waals surface area contributed by atoms with Gasteiger partial charge in [0.2, 0.25) is 0 Å². The fraction of sp³-hybridized carbons (Fsp3) is 0.160. The summed E-state index contributed by atoms with van der Waals surface area (Å²) in [4.78, 5) is 39.0. The van der Waals surface area contributed by atoms with Crippen LogP contribution in [0.3, 0.4) is 0 Å². The van der Waals surface area contributed by atoms with Gasteiger partial charge in [0, 0.05) is 21.5 Å². The number of aromatic nitrogens is 1. The minimum atomic E-state index is -0.763. The van der Waals surface area contributed by atoms with Crippen LogP contribution >= 0.6 is 15.9 Å². The highest BCUT2D eigenvalue weighted by molar-refractivity contribution is 9.10. The van der Waals surface area contributed by atoms with Crippen LogP contribution in [0.2, 0.25) is 0 Å². The summed E-state index contributed by atoms with van der Waals surface area (Å²) in [5.41, 5.74) is 5.17. The molecule has 7 heteroatoms. The number of urea groups is 1. The molecular weight excluding hydrogens is 470 g/mol. The van der Waals surface area contributed by atoms with Crippen molar-refractivity contribution in [2.75, 3.05) is 4.90 Å². The van der Waals surface area contributed by atoms with Gasteiger partial charge in [0.15, 0.2) is 0 Å². The number of carbonyl (C=O) groups is 3. The highest BCUT2D eigenvalue weighted by Crippen LogP contribution is 2.27. The van der Waals surface area contributed by atoms with Crippen LogP contribution in [-0.4, -0.2) is 22.4 Å². The largest absolute Gasteiger partial charge is 0.335 e. The van der Waals surface area contributed by atoms with Crippen molar-refractivity contribution in [2.45, 2.75) is 27.2 Å². The van der Waals surface area contributed by atoms with Gasteiger partial charge in [-0.05, 0) is 79.9 Å². The first kappa shape index (κ1) is 21.8. The van der Waals surface area contributed by atoms with Gasteiger partial charge in [-0.25, -0.2) is 9.69 Å². The molecule has 4 rings (SSSR count). The highest BCUT2D eigenvalue weighted by Gasteiger charge is 2.37. The average molecular weight is 492 g/mol. The molecular formula is C25H22BrN3O3. The molecule has 0 atom stereocenters. The summed E-state index contributed by atoms with van der Waals surface area (Å²) < 4.78 is 2.90. The number of carbonyl (C=O) groups excluding carboxylic acids is 3. The molecule has 32 heavy (non-hydrogen) atoms. The summed E-state index contributed by atoms with van der Waals surface area (Å²) in [5.74, 6) is -1.36. The number of aryl methyl sites for hydroxylation is 2. The van der Waals surface area contributed by atoms with Gasteiger partial charge in [-0.3, -0.25) is 14.9 Å². The first-order valence-corrected chi connectivity index (χ1v) is 11.0. The van der Waals surface area contributed by atoms with E-state index in [1.165, 1.54) is 5.56 Å². The molecule has 1 fully saturated rings. The molecule has 2 heterocycles. The number of imide groups is 2. The number of anilines is 1. The normalized spacial score (nSPS) is 15.4. The second-order valence-corrected chi connectivity index (χ2v) is 8.53. The zero-order valence-corrected chi connectivity index (χ0v) is 19.6. The Kier molecular flexibility index (Phi) is 5.84. The van der Waals surface area contributed by atoms with E-state index in [9.17, 15) is 14.4 Å². The van der Waals surface area contributed by atoms with E-state index in [0.717, 1.165) is 38.4 Å². The Balaban J connectivity index is 1.73. The summed E-state index contributed by atoms with van der Waals surface area (Å²) in [7, 11) is 0. The quantitative estimate of drug-likeness (QED) is 0.408. The fourth-order valence-electron chi connectivity index (χ4n) is 3.85.